The molecule has 1 aromatic carbocycles. The van der Waals surface area contributed by atoms with Gasteiger partial charge in [-0.05, 0) is 25.2 Å². The van der Waals surface area contributed by atoms with E-state index in [1.165, 1.54) is 11.1 Å². The van der Waals surface area contributed by atoms with Crippen LogP contribution in [0.4, 0.5) is 0 Å². The van der Waals surface area contributed by atoms with Crippen LogP contribution in [-0.4, -0.2) is 38.6 Å². The van der Waals surface area contributed by atoms with Crippen LogP contribution in [0, 0.1) is 0 Å². The highest BCUT2D eigenvalue weighted by molar-refractivity contribution is 5.64. The summed E-state index contributed by atoms with van der Waals surface area (Å²) in [5.74, 6) is 0. The highest BCUT2D eigenvalue weighted by atomic mass is 15.1. The summed E-state index contributed by atoms with van der Waals surface area (Å²) in [6, 6.07) is 10.3. The molecule has 0 spiro atoms. The molecule has 0 saturated heterocycles. The molecule has 0 aliphatic rings. The third-order valence-electron chi connectivity index (χ3n) is 2.39. The van der Waals surface area contributed by atoms with Gasteiger partial charge in [0.15, 0.2) is 0 Å². The van der Waals surface area contributed by atoms with Crippen molar-refractivity contribution in [3.63, 3.8) is 0 Å². The van der Waals surface area contributed by atoms with Crippen LogP contribution in [-0.2, 0) is 0 Å². The largest absolute Gasteiger partial charge is 0.318 e. The second kappa shape index (κ2) is 6.38. The molecule has 0 fully saturated rings. The van der Waals surface area contributed by atoms with Crippen LogP contribution in [0.25, 0.3) is 5.57 Å². The summed E-state index contributed by atoms with van der Waals surface area (Å²) in [6.45, 7) is 7.09. The van der Waals surface area contributed by atoms with Crippen LogP contribution in [0.1, 0.15) is 5.56 Å². The molecular formula is C13H20N2. The van der Waals surface area contributed by atoms with E-state index in [1.807, 2.05) is 25.2 Å². The summed E-state index contributed by atoms with van der Waals surface area (Å²) >= 11 is 0. The summed E-state index contributed by atoms with van der Waals surface area (Å²) in [6.07, 6.45) is 0. The molecule has 1 rings (SSSR count). The van der Waals surface area contributed by atoms with Gasteiger partial charge in [0.2, 0.25) is 0 Å². The van der Waals surface area contributed by atoms with E-state index in [2.05, 4.69) is 36.0 Å². The molecule has 0 unspecified atom stereocenters. The van der Waals surface area contributed by atoms with Gasteiger partial charge >= 0.3 is 0 Å². The Morgan fingerprint density at radius 3 is 2.60 bits per heavy atom. The molecule has 0 atom stereocenters. The number of benzene rings is 1. The van der Waals surface area contributed by atoms with Crippen LogP contribution >= 0.6 is 0 Å². The van der Waals surface area contributed by atoms with E-state index in [4.69, 9.17) is 0 Å². The number of nitrogens with one attached hydrogen (secondary N) is 1. The number of hydrogen-bond donors (Lipinski definition) is 1. The maximum Gasteiger partial charge on any atom is 0.0231 e. The van der Waals surface area contributed by atoms with E-state index in [1.54, 1.807) is 0 Å². The van der Waals surface area contributed by atoms with Crippen molar-refractivity contribution in [3.8, 4) is 0 Å². The first-order valence-electron chi connectivity index (χ1n) is 5.30. The third kappa shape index (κ3) is 4.28. The Bertz CT molecular complexity index is 293. The van der Waals surface area contributed by atoms with E-state index < -0.39 is 0 Å². The molecule has 0 saturated carbocycles. The average Bonchev–Trinajstić information content (AvgIpc) is 2.27. The first-order chi connectivity index (χ1) is 7.24. The maximum atomic E-state index is 4.11. The van der Waals surface area contributed by atoms with Crippen LogP contribution < -0.4 is 5.32 Å². The zero-order valence-electron chi connectivity index (χ0n) is 9.66. The molecule has 2 heteroatoms. The van der Waals surface area contributed by atoms with E-state index in [9.17, 15) is 0 Å². The lowest BCUT2D eigenvalue weighted by Crippen LogP contribution is -2.28. The number of nitrogens with zero attached hydrogens (tertiary/aromatic N) is 1. The van der Waals surface area contributed by atoms with Gasteiger partial charge in [0.25, 0.3) is 0 Å². The lowest BCUT2D eigenvalue weighted by molar-refractivity contribution is 0.376. The highest BCUT2D eigenvalue weighted by Gasteiger charge is 2.02. The van der Waals surface area contributed by atoms with Gasteiger partial charge in [-0.1, -0.05) is 36.9 Å². The molecule has 1 N–H and O–H groups in total. The van der Waals surface area contributed by atoms with E-state index in [0.717, 1.165) is 19.6 Å². The quantitative estimate of drug-likeness (QED) is 0.761. The molecule has 0 aliphatic carbocycles. The Labute approximate surface area is 92.6 Å². The minimum absolute atomic E-state index is 0.922. The minimum atomic E-state index is 0.922. The molecule has 0 aliphatic heterocycles. The predicted molar refractivity (Wildman–Crippen MR) is 66.9 cm³/mol. The van der Waals surface area contributed by atoms with Crippen LogP contribution in [0.5, 0.6) is 0 Å². The average molecular weight is 204 g/mol. The Morgan fingerprint density at radius 1 is 1.33 bits per heavy atom. The molecule has 15 heavy (non-hydrogen) atoms. The van der Waals surface area contributed by atoms with E-state index in [-0.39, 0.29) is 0 Å². The molecule has 1 aromatic rings. The van der Waals surface area contributed by atoms with Crippen molar-refractivity contribution in [1.29, 1.82) is 0 Å². The zero-order valence-corrected chi connectivity index (χ0v) is 9.66. The lowest BCUT2D eigenvalue weighted by Gasteiger charge is -2.17. The van der Waals surface area contributed by atoms with E-state index in [0.29, 0.717) is 0 Å². The van der Waals surface area contributed by atoms with Crippen molar-refractivity contribution in [2.75, 3.05) is 33.7 Å². The Hall–Kier alpha value is -1.12. The fourth-order valence-corrected chi connectivity index (χ4v) is 1.47. The molecule has 0 radical (unpaired) electrons. The second-order valence-corrected chi connectivity index (χ2v) is 3.81. The lowest BCUT2D eigenvalue weighted by atomic mass is 10.1. The summed E-state index contributed by atoms with van der Waals surface area (Å²) in [7, 11) is 4.09. The van der Waals surface area contributed by atoms with Crippen molar-refractivity contribution in [3.05, 3.63) is 42.5 Å². The molecule has 0 amide bonds. The third-order valence-corrected chi connectivity index (χ3v) is 2.39. The molecule has 0 heterocycles. The Morgan fingerprint density at radius 2 is 2.00 bits per heavy atom. The van der Waals surface area contributed by atoms with Crippen LogP contribution in [0.3, 0.4) is 0 Å². The first-order valence-corrected chi connectivity index (χ1v) is 5.30. The van der Waals surface area contributed by atoms with Gasteiger partial charge in [0, 0.05) is 19.6 Å². The van der Waals surface area contributed by atoms with Crippen molar-refractivity contribution in [1.82, 2.24) is 10.2 Å². The maximum absolute atomic E-state index is 4.11. The topological polar surface area (TPSA) is 15.3 Å². The van der Waals surface area contributed by atoms with Gasteiger partial charge in [-0.25, -0.2) is 0 Å². The number of likely N-dealkylation sites (N-methyl/N-ethyl adjacent to an activating group) is 2. The van der Waals surface area contributed by atoms with Crippen molar-refractivity contribution in [2.45, 2.75) is 0 Å². The Kier molecular flexibility index (Phi) is 5.08. The summed E-state index contributed by atoms with van der Waals surface area (Å²) in [5, 5.41) is 3.14. The first kappa shape index (κ1) is 12.0. The zero-order chi connectivity index (χ0) is 11.1. The summed E-state index contributed by atoms with van der Waals surface area (Å²) in [4.78, 5) is 2.27. The van der Waals surface area contributed by atoms with Crippen molar-refractivity contribution in [2.24, 2.45) is 0 Å². The summed E-state index contributed by atoms with van der Waals surface area (Å²) in [5.41, 5.74) is 2.41. The predicted octanol–water partition coefficient (Wildman–Crippen LogP) is 1.85. The van der Waals surface area contributed by atoms with Crippen molar-refractivity contribution < 1.29 is 0 Å². The Balaban J connectivity index is 2.42. The molecular weight excluding hydrogens is 184 g/mol. The minimum Gasteiger partial charge on any atom is -0.318 e. The van der Waals surface area contributed by atoms with Crippen LogP contribution in [0.15, 0.2) is 36.9 Å². The SMILES string of the molecule is C=C(CN(C)CCNC)c1ccccc1. The van der Waals surface area contributed by atoms with Crippen LogP contribution in [0.2, 0.25) is 0 Å². The van der Waals surface area contributed by atoms with Gasteiger partial charge in [-0.2, -0.15) is 0 Å². The smallest absolute Gasteiger partial charge is 0.0231 e. The summed E-state index contributed by atoms with van der Waals surface area (Å²) < 4.78 is 0. The van der Waals surface area contributed by atoms with Crippen molar-refractivity contribution >= 4 is 5.57 Å². The molecule has 0 bridgehead atoms. The number of rotatable bonds is 6. The highest BCUT2D eigenvalue weighted by Crippen LogP contribution is 2.11. The second-order valence-electron chi connectivity index (χ2n) is 3.81. The molecule has 2 nitrogen and oxygen atoms in total. The van der Waals surface area contributed by atoms with Gasteiger partial charge in [-0.15, -0.1) is 0 Å². The van der Waals surface area contributed by atoms with Gasteiger partial charge in [0.1, 0.15) is 0 Å². The monoisotopic (exact) mass is 204 g/mol. The molecule has 0 aromatic heterocycles. The fourth-order valence-electron chi connectivity index (χ4n) is 1.47. The fraction of sp³-hybridized carbons (Fsp3) is 0.385. The standard InChI is InChI=1S/C13H20N2/c1-12(11-15(3)10-9-14-2)13-7-5-4-6-8-13/h4-8,14H,1,9-11H2,2-3H3. The normalized spacial score (nSPS) is 10.6. The van der Waals surface area contributed by atoms with Gasteiger partial charge in [0.05, 0.1) is 0 Å². The van der Waals surface area contributed by atoms with E-state index >= 15 is 0 Å². The van der Waals surface area contributed by atoms with Gasteiger partial charge < -0.3 is 10.2 Å². The molecule has 82 valence electrons. The number of hydrogen-bond acceptors (Lipinski definition) is 2. The van der Waals surface area contributed by atoms with Gasteiger partial charge in [-0.3, -0.25) is 0 Å².